The number of rotatable bonds is 19. The van der Waals surface area contributed by atoms with E-state index in [0.29, 0.717) is 13.0 Å². The van der Waals surface area contributed by atoms with E-state index in [9.17, 15) is 4.79 Å². The fourth-order valence-corrected chi connectivity index (χ4v) is 5.31. The maximum absolute atomic E-state index is 11.4. The van der Waals surface area contributed by atoms with Crippen molar-refractivity contribution < 1.29 is 14.0 Å². The van der Waals surface area contributed by atoms with E-state index >= 15 is 0 Å². The summed E-state index contributed by atoms with van der Waals surface area (Å²) in [5, 5.41) is 0.131. The molecule has 1 aromatic rings. The number of carbonyl (C=O) groups excluding carboxylic acids is 1. The maximum Gasteiger partial charge on any atom is 0.192 e. The Morgan fingerprint density at radius 3 is 2.00 bits per heavy atom. The highest BCUT2D eigenvalue weighted by Crippen LogP contribution is 2.38. The molecule has 190 valence electrons. The largest absolute Gasteiger partial charge is 0.413 e. The lowest BCUT2D eigenvalue weighted by Crippen LogP contribution is -2.44. The van der Waals surface area contributed by atoms with Gasteiger partial charge in [-0.15, -0.1) is 0 Å². The molecule has 1 rings (SSSR count). The Kier molecular flexibility index (Phi) is 15.1. The minimum atomic E-state index is -1.94. The predicted octanol–water partition coefficient (Wildman–Crippen LogP) is 8.86. The molecule has 2 atom stereocenters. The van der Waals surface area contributed by atoms with Gasteiger partial charge < -0.3 is 14.0 Å². The molecule has 0 amide bonds. The maximum atomic E-state index is 11.4. The van der Waals surface area contributed by atoms with E-state index in [1.807, 2.05) is 6.07 Å². The van der Waals surface area contributed by atoms with Gasteiger partial charge in [-0.1, -0.05) is 116 Å². The van der Waals surface area contributed by atoms with Crippen LogP contribution in [0.25, 0.3) is 0 Å². The summed E-state index contributed by atoms with van der Waals surface area (Å²) in [5.41, 5.74) is 1.20. The van der Waals surface area contributed by atoms with Crippen LogP contribution in [0.2, 0.25) is 18.1 Å². The first-order chi connectivity index (χ1) is 15.7. The highest BCUT2D eigenvalue weighted by Gasteiger charge is 2.39. The van der Waals surface area contributed by atoms with Gasteiger partial charge in [0.1, 0.15) is 6.29 Å². The first-order valence-corrected chi connectivity index (χ1v) is 16.4. The Morgan fingerprint density at radius 2 is 1.45 bits per heavy atom. The molecule has 0 saturated heterocycles. The standard InChI is InChI=1S/C29H52O3Si/c1-7-8-9-10-11-12-13-14-18-21-27(31-25-26-19-16-15-17-20-26)24-28(22-23-30)32-33(5,6)29(2,3)4/h15-17,19-20,23,27-28H,7-14,18,21-22,24-25H2,1-6H3/t27-,28-/m1/s1. The zero-order valence-corrected chi connectivity index (χ0v) is 23.5. The van der Waals surface area contributed by atoms with Gasteiger partial charge in [0.25, 0.3) is 0 Å². The van der Waals surface area contributed by atoms with Crippen molar-refractivity contribution in [2.75, 3.05) is 0 Å². The first-order valence-electron chi connectivity index (χ1n) is 13.5. The average Bonchev–Trinajstić information content (AvgIpc) is 2.76. The van der Waals surface area contributed by atoms with Crippen LogP contribution in [0.5, 0.6) is 0 Å². The van der Waals surface area contributed by atoms with E-state index in [-0.39, 0.29) is 17.2 Å². The normalized spacial score (nSPS) is 14.2. The van der Waals surface area contributed by atoms with Crippen molar-refractivity contribution in [2.24, 2.45) is 0 Å². The van der Waals surface area contributed by atoms with Crippen LogP contribution in [0.4, 0.5) is 0 Å². The zero-order chi connectivity index (χ0) is 24.6. The number of aldehydes is 1. The SMILES string of the molecule is CCCCCCCCCCC[C@H](C[C@@H](CC=O)O[Si](C)(C)C(C)(C)C)OCc1ccccc1. The van der Waals surface area contributed by atoms with Crippen LogP contribution >= 0.6 is 0 Å². The summed E-state index contributed by atoms with van der Waals surface area (Å²) in [4.78, 5) is 11.4. The summed E-state index contributed by atoms with van der Waals surface area (Å²) in [7, 11) is -1.94. The molecule has 0 saturated carbocycles. The van der Waals surface area contributed by atoms with E-state index in [4.69, 9.17) is 9.16 Å². The van der Waals surface area contributed by atoms with Crippen LogP contribution in [0.1, 0.15) is 110 Å². The van der Waals surface area contributed by atoms with Gasteiger partial charge in [0.2, 0.25) is 0 Å². The molecule has 0 spiro atoms. The number of hydrogen-bond donors (Lipinski definition) is 0. The van der Waals surface area contributed by atoms with Crippen molar-refractivity contribution in [1.29, 1.82) is 0 Å². The number of carbonyl (C=O) groups is 1. The van der Waals surface area contributed by atoms with Crippen LogP contribution in [-0.4, -0.2) is 26.8 Å². The van der Waals surface area contributed by atoms with Gasteiger partial charge in [-0.2, -0.15) is 0 Å². The van der Waals surface area contributed by atoms with E-state index in [0.717, 1.165) is 19.1 Å². The van der Waals surface area contributed by atoms with Gasteiger partial charge in [0, 0.05) is 6.42 Å². The van der Waals surface area contributed by atoms with Crippen molar-refractivity contribution in [3.05, 3.63) is 35.9 Å². The minimum Gasteiger partial charge on any atom is -0.413 e. The van der Waals surface area contributed by atoms with E-state index in [1.54, 1.807) is 0 Å². The van der Waals surface area contributed by atoms with Gasteiger partial charge in [-0.25, -0.2) is 0 Å². The second kappa shape index (κ2) is 16.6. The summed E-state index contributed by atoms with van der Waals surface area (Å²) in [5.74, 6) is 0. The zero-order valence-electron chi connectivity index (χ0n) is 22.5. The third kappa shape index (κ3) is 13.5. The molecule has 0 aliphatic rings. The molecule has 0 fully saturated rings. The Bertz CT molecular complexity index is 609. The first kappa shape index (κ1) is 30.1. The second-order valence-electron chi connectivity index (χ2n) is 11.2. The van der Waals surface area contributed by atoms with Gasteiger partial charge in [0.15, 0.2) is 8.32 Å². The Morgan fingerprint density at radius 1 is 0.879 bits per heavy atom. The van der Waals surface area contributed by atoms with Crippen LogP contribution < -0.4 is 0 Å². The van der Waals surface area contributed by atoms with E-state index in [1.165, 1.54) is 63.4 Å². The smallest absolute Gasteiger partial charge is 0.192 e. The van der Waals surface area contributed by atoms with Crippen LogP contribution in [0.3, 0.4) is 0 Å². The third-order valence-electron chi connectivity index (χ3n) is 7.11. The monoisotopic (exact) mass is 476 g/mol. The highest BCUT2D eigenvalue weighted by molar-refractivity contribution is 6.74. The van der Waals surface area contributed by atoms with E-state index < -0.39 is 8.32 Å². The molecule has 0 aliphatic carbocycles. The summed E-state index contributed by atoms with van der Waals surface area (Å²) >= 11 is 0. The number of hydrogen-bond acceptors (Lipinski definition) is 3. The van der Waals surface area contributed by atoms with Gasteiger partial charge in [-0.05, 0) is 36.5 Å². The van der Waals surface area contributed by atoms with Crippen molar-refractivity contribution in [3.63, 3.8) is 0 Å². The van der Waals surface area contributed by atoms with E-state index in [2.05, 4.69) is 65.1 Å². The topological polar surface area (TPSA) is 35.5 Å². The molecule has 4 heteroatoms. The molecule has 3 nitrogen and oxygen atoms in total. The Labute approximate surface area is 206 Å². The van der Waals surface area contributed by atoms with Crippen LogP contribution in [0.15, 0.2) is 30.3 Å². The fourth-order valence-electron chi connectivity index (χ4n) is 3.93. The van der Waals surface area contributed by atoms with Crippen molar-refractivity contribution in [3.8, 4) is 0 Å². The molecule has 0 N–H and O–H groups in total. The molecule has 0 bridgehead atoms. The lowest BCUT2D eigenvalue weighted by Gasteiger charge is -2.39. The molecular formula is C29H52O3Si. The van der Waals surface area contributed by atoms with Crippen molar-refractivity contribution in [2.45, 2.75) is 142 Å². The molecule has 0 radical (unpaired) electrons. The van der Waals surface area contributed by atoms with Gasteiger partial charge >= 0.3 is 0 Å². The lowest BCUT2D eigenvalue weighted by molar-refractivity contribution is -0.109. The molecule has 33 heavy (non-hydrogen) atoms. The molecule has 0 aliphatic heterocycles. The Hall–Kier alpha value is -0.973. The minimum absolute atomic E-state index is 0.0530. The van der Waals surface area contributed by atoms with Crippen LogP contribution in [-0.2, 0) is 20.6 Å². The summed E-state index contributed by atoms with van der Waals surface area (Å²) in [6, 6.07) is 10.4. The highest BCUT2D eigenvalue weighted by atomic mass is 28.4. The van der Waals surface area contributed by atoms with Crippen LogP contribution in [0, 0.1) is 0 Å². The Balaban J connectivity index is 2.60. The second-order valence-corrected chi connectivity index (χ2v) is 15.9. The number of ether oxygens (including phenoxy) is 1. The van der Waals surface area contributed by atoms with Crippen molar-refractivity contribution in [1.82, 2.24) is 0 Å². The lowest BCUT2D eigenvalue weighted by atomic mass is 10.0. The van der Waals surface area contributed by atoms with Crippen molar-refractivity contribution >= 4 is 14.6 Å². The molecule has 0 unspecified atom stereocenters. The van der Waals surface area contributed by atoms with Gasteiger partial charge in [-0.3, -0.25) is 0 Å². The molecular weight excluding hydrogens is 424 g/mol. The molecule has 0 heterocycles. The summed E-state index contributed by atoms with van der Waals surface area (Å²) in [6.07, 6.45) is 15.3. The summed E-state index contributed by atoms with van der Waals surface area (Å²) in [6.45, 7) is 14.2. The quantitative estimate of drug-likeness (QED) is 0.114. The summed E-state index contributed by atoms with van der Waals surface area (Å²) < 4.78 is 13.0. The molecule has 1 aromatic carbocycles. The van der Waals surface area contributed by atoms with Gasteiger partial charge in [0.05, 0.1) is 18.8 Å². The predicted molar refractivity (Wildman–Crippen MR) is 144 cm³/mol. The number of unbranched alkanes of at least 4 members (excludes halogenated alkanes) is 8. The number of benzene rings is 1. The third-order valence-corrected chi connectivity index (χ3v) is 11.6. The average molecular weight is 477 g/mol. The fraction of sp³-hybridized carbons (Fsp3) is 0.759. The molecule has 0 aromatic heterocycles.